The van der Waals surface area contributed by atoms with Gasteiger partial charge in [0.1, 0.15) is 11.6 Å². The number of phenols is 1. The summed E-state index contributed by atoms with van der Waals surface area (Å²) >= 11 is 3.28. The molecule has 4 heteroatoms. The average molecular weight is 309 g/mol. The van der Waals surface area contributed by atoms with Gasteiger partial charge in [0.05, 0.1) is 0 Å². The van der Waals surface area contributed by atoms with E-state index in [1.165, 1.54) is 31.2 Å². The molecule has 2 aromatic rings. The second-order valence-corrected chi connectivity index (χ2v) is 4.82. The molecule has 2 rings (SSSR count). The highest BCUT2D eigenvalue weighted by Crippen LogP contribution is 2.34. The summed E-state index contributed by atoms with van der Waals surface area (Å²) in [6.45, 7) is 1.41. The second-order valence-electron chi connectivity index (χ2n) is 3.91. The third kappa shape index (κ3) is 2.43. The Balaban J connectivity index is 2.73. The van der Waals surface area contributed by atoms with E-state index in [1.807, 2.05) is 0 Å². The number of carbonyl (C=O) groups is 1. The van der Waals surface area contributed by atoms with Gasteiger partial charge in [-0.25, -0.2) is 4.39 Å². The van der Waals surface area contributed by atoms with Gasteiger partial charge < -0.3 is 5.11 Å². The zero-order valence-corrected chi connectivity index (χ0v) is 11.2. The highest BCUT2D eigenvalue weighted by molar-refractivity contribution is 9.10. The van der Waals surface area contributed by atoms with E-state index in [1.54, 1.807) is 12.1 Å². The molecule has 0 bridgehead atoms. The number of rotatable bonds is 2. The van der Waals surface area contributed by atoms with Crippen LogP contribution in [0.25, 0.3) is 11.1 Å². The molecule has 0 fully saturated rings. The molecule has 0 atom stereocenters. The topological polar surface area (TPSA) is 37.3 Å². The molecular formula is C14H10BrFO2. The minimum atomic E-state index is -0.450. The molecule has 0 saturated carbocycles. The summed E-state index contributed by atoms with van der Waals surface area (Å²) in [4.78, 5) is 11.5. The maximum atomic E-state index is 13.3. The molecule has 0 saturated heterocycles. The molecular weight excluding hydrogens is 299 g/mol. The van der Waals surface area contributed by atoms with Gasteiger partial charge in [0, 0.05) is 15.6 Å². The van der Waals surface area contributed by atoms with Crippen molar-refractivity contribution in [2.45, 2.75) is 6.92 Å². The lowest BCUT2D eigenvalue weighted by atomic mass is 9.96. The van der Waals surface area contributed by atoms with E-state index in [9.17, 15) is 14.3 Å². The highest BCUT2D eigenvalue weighted by atomic mass is 79.9. The first-order valence-electron chi connectivity index (χ1n) is 5.28. The van der Waals surface area contributed by atoms with Crippen LogP contribution >= 0.6 is 15.9 Å². The Kier molecular flexibility index (Phi) is 3.48. The van der Waals surface area contributed by atoms with Crippen molar-refractivity contribution in [3.63, 3.8) is 0 Å². The Morgan fingerprint density at radius 2 is 1.89 bits per heavy atom. The molecule has 2 nitrogen and oxygen atoms in total. The van der Waals surface area contributed by atoms with E-state index in [4.69, 9.17) is 0 Å². The number of carbonyl (C=O) groups excluding carboxylic acids is 1. The van der Waals surface area contributed by atoms with Crippen LogP contribution in [0.2, 0.25) is 0 Å². The van der Waals surface area contributed by atoms with Gasteiger partial charge in [-0.1, -0.05) is 15.9 Å². The van der Waals surface area contributed by atoms with Gasteiger partial charge in [0.2, 0.25) is 0 Å². The smallest absolute Gasteiger partial charge is 0.160 e. The van der Waals surface area contributed by atoms with Crippen LogP contribution < -0.4 is 0 Å². The summed E-state index contributed by atoms with van der Waals surface area (Å²) in [5, 5.41) is 9.83. The number of halogens is 2. The maximum absolute atomic E-state index is 13.3. The maximum Gasteiger partial charge on any atom is 0.160 e. The largest absolute Gasteiger partial charge is 0.507 e. The molecule has 0 unspecified atom stereocenters. The number of Topliss-reactive ketones (excluding diaryl/α,β-unsaturated/α-hetero) is 1. The number of ketones is 1. The fourth-order valence-electron chi connectivity index (χ4n) is 1.77. The SMILES string of the molecule is CC(=O)c1ccc(F)cc1-c1cc(Br)ccc1O. The van der Waals surface area contributed by atoms with Gasteiger partial charge in [-0.15, -0.1) is 0 Å². The van der Waals surface area contributed by atoms with Crippen molar-refractivity contribution in [1.82, 2.24) is 0 Å². The highest BCUT2D eigenvalue weighted by Gasteiger charge is 2.13. The molecule has 0 aliphatic rings. The Hall–Kier alpha value is -1.68. The summed E-state index contributed by atoms with van der Waals surface area (Å²) < 4.78 is 14.1. The first-order chi connectivity index (χ1) is 8.49. The monoisotopic (exact) mass is 308 g/mol. The lowest BCUT2D eigenvalue weighted by molar-refractivity contribution is 0.101. The Labute approximate surface area is 112 Å². The van der Waals surface area contributed by atoms with Crippen molar-refractivity contribution in [2.24, 2.45) is 0 Å². The average Bonchev–Trinajstić information content (AvgIpc) is 2.31. The van der Waals surface area contributed by atoms with Crippen LogP contribution in [0.5, 0.6) is 5.75 Å². The molecule has 2 aromatic carbocycles. The summed E-state index contributed by atoms with van der Waals surface area (Å²) in [6.07, 6.45) is 0. The van der Waals surface area contributed by atoms with Crippen LogP contribution in [-0.4, -0.2) is 10.9 Å². The molecule has 0 radical (unpaired) electrons. The van der Waals surface area contributed by atoms with Gasteiger partial charge in [-0.3, -0.25) is 4.79 Å². The Morgan fingerprint density at radius 3 is 2.56 bits per heavy atom. The quantitative estimate of drug-likeness (QED) is 0.846. The van der Waals surface area contributed by atoms with Crippen molar-refractivity contribution < 1.29 is 14.3 Å². The lowest BCUT2D eigenvalue weighted by Gasteiger charge is -2.10. The summed E-state index contributed by atoms with van der Waals surface area (Å²) in [7, 11) is 0. The van der Waals surface area contributed by atoms with Crippen LogP contribution in [0, 0.1) is 5.82 Å². The first kappa shape index (κ1) is 12.8. The van der Waals surface area contributed by atoms with Crippen molar-refractivity contribution in [3.05, 3.63) is 52.3 Å². The predicted octanol–water partition coefficient (Wildman–Crippen LogP) is 4.16. The van der Waals surface area contributed by atoms with Crippen LogP contribution in [0.1, 0.15) is 17.3 Å². The van der Waals surface area contributed by atoms with Gasteiger partial charge in [-0.2, -0.15) is 0 Å². The zero-order valence-electron chi connectivity index (χ0n) is 9.58. The number of benzene rings is 2. The van der Waals surface area contributed by atoms with Crippen molar-refractivity contribution >= 4 is 21.7 Å². The third-order valence-electron chi connectivity index (χ3n) is 2.61. The molecule has 0 amide bonds. The molecule has 92 valence electrons. The van der Waals surface area contributed by atoms with Crippen LogP contribution in [0.4, 0.5) is 4.39 Å². The molecule has 0 spiro atoms. The van der Waals surface area contributed by atoms with E-state index in [2.05, 4.69) is 15.9 Å². The van der Waals surface area contributed by atoms with Gasteiger partial charge in [0.25, 0.3) is 0 Å². The van der Waals surface area contributed by atoms with Crippen molar-refractivity contribution in [3.8, 4) is 16.9 Å². The zero-order chi connectivity index (χ0) is 13.3. The van der Waals surface area contributed by atoms with Crippen molar-refractivity contribution in [2.75, 3.05) is 0 Å². The Bertz CT molecular complexity index is 623. The fourth-order valence-corrected chi connectivity index (χ4v) is 2.13. The minimum Gasteiger partial charge on any atom is -0.507 e. The number of phenolic OH excluding ortho intramolecular Hbond substituents is 1. The molecule has 0 heterocycles. The van der Waals surface area contributed by atoms with Gasteiger partial charge in [0.15, 0.2) is 5.78 Å². The predicted molar refractivity (Wildman–Crippen MR) is 71.2 cm³/mol. The van der Waals surface area contributed by atoms with E-state index < -0.39 is 5.82 Å². The fraction of sp³-hybridized carbons (Fsp3) is 0.0714. The summed E-state index contributed by atoms with van der Waals surface area (Å²) in [6, 6.07) is 8.72. The molecule has 0 aromatic heterocycles. The van der Waals surface area contributed by atoms with E-state index >= 15 is 0 Å². The van der Waals surface area contributed by atoms with E-state index in [-0.39, 0.29) is 11.5 Å². The molecule has 1 N–H and O–H groups in total. The molecule has 18 heavy (non-hydrogen) atoms. The normalized spacial score (nSPS) is 10.4. The minimum absolute atomic E-state index is 0.00583. The Morgan fingerprint density at radius 1 is 1.17 bits per heavy atom. The number of hydrogen-bond donors (Lipinski definition) is 1. The lowest BCUT2D eigenvalue weighted by Crippen LogP contribution is -1.97. The summed E-state index contributed by atoms with van der Waals surface area (Å²) in [5.74, 6) is -0.620. The molecule has 0 aliphatic carbocycles. The first-order valence-corrected chi connectivity index (χ1v) is 6.07. The number of aromatic hydroxyl groups is 1. The van der Waals surface area contributed by atoms with E-state index in [0.29, 0.717) is 16.7 Å². The molecule has 0 aliphatic heterocycles. The van der Waals surface area contributed by atoms with Crippen molar-refractivity contribution in [1.29, 1.82) is 0 Å². The number of hydrogen-bond acceptors (Lipinski definition) is 2. The van der Waals surface area contributed by atoms with Crippen LogP contribution in [0.15, 0.2) is 40.9 Å². The van der Waals surface area contributed by atoms with Gasteiger partial charge >= 0.3 is 0 Å². The standard InChI is InChI=1S/C14H10BrFO2/c1-8(17)11-4-3-10(16)7-12(11)13-6-9(15)2-5-14(13)18/h2-7,18H,1H3. The van der Waals surface area contributed by atoms with E-state index in [0.717, 1.165) is 4.47 Å². The van der Waals surface area contributed by atoms with Crippen LogP contribution in [-0.2, 0) is 0 Å². The summed E-state index contributed by atoms with van der Waals surface area (Å²) in [5.41, 5.74) is 1.19. The second kappa shape index (κ2) is 4.90. The van der Waals surface area contributed by atoms with Gasteiger partial charge in [-0.05, 0) is 48.9 Å². The van der Waals surface area contributed by atoms with Crippen LogP contribution in [0.3, 0.4) is 0 Å². The third-order valence-corrected chi connectivity index (χ3v) is 3.10.